The maximum atomic E-state index is 12.4. The van der Waals surface area contributed by atoms with Crippen LogP contribution < -0.4 is 10.2 Å². The number of ether oxygens (including phenoxy) is 1. The first-order chi connectivity index (χ1) is 8.24. The quantitative estimate of drug-likeness (QED) is 0.763. The minimum absolute atomic E-state index is 0.0299. The van der Waals surface area contributed by atoms with Gasteiger partial charge in [-0.3, -0.25) is 4.79 Å². The number of fused-ring (bicyclic) bond motifs is 1. The van der Waals surface area contributed by atoms with E-state index in [1.165, 1.54) is 0 Å². The van der Waals surface area contributed by atoms with Crippen molar-refractivity contribution in [3.63, 3.8) is 0 Å². The summed E-state index contributed by atoms with van der Waals surface area (Å²) in [5.41, 5.74) is 0.0825. The zero-order valence-electron chi connectivity index (χ0n) is 9.11. The molecule has 0 bridgehead atoms. The molecule has 0 unspecified atom stereocenters. The molecule has 0 aliphatic rings. The fourth-order valence-electron chi connectivity index (χ4n) is 1.50. The third kappa shape index (κ3) is 2.36. The highest BCUT2D eigenvalue weighted by molar-refractivity contribution is 5.78. The highest BCUT2D eigenvalue weighted by atomic mass is 19.1. The Morgan fingerprint density at radius 3 is 2.94 bits per heavy atom. The van der Waals surface area contributed by atoms with Crippen LogP contribution in [0.5, 0.6) is 5.75 Å². The molecule has 0 atom stereocenters. The number of hydrogen-bond donors (Lipinski definition) is 0. The van der Waals surface area contributed by atoms with E-state index < -0.39 is 6.67 Å². The van der Waals surface area contributed by atoms with Gasteiger partial charge in [-0.05, 0) is 18.2 Å². The minimum atomic E-state index is -0.792. The molecule has 1 aromatic heterocycles. The summed E-state index contributed by atoms with van der Waals surface area (Å²) < 4.78 is 22.9. The van der Waals surface area contributed by atoms with Crippen LogP contribution in [0.3, 0.4) is 0 Å². The lowest BCUT2D eigenvalue weighted by Crippen LogP contribution is -2.02. The van der Waals surface area contributed by atoms with Gasteiger partial charge in [0.1, 0.15) is 30.4 Å². The van der Waals surface area contributed by atoms with Crippen molar-refractivity contribution < 1.29 is 13.5 Å². The second-order valence-corrected chi connectivity index (χ2v) is 3.47. The molecule has 0 fully saturated rings. The second-order valence-electron chi connectivity index (χ2n) is 3.47. The topological polar surface area (TPSA) is 39.4 Å². The summed E-state index contributed by atoms with van der Waals surface area (Å²) in [6, 6.07) is 5.98. The molecule has 0 saturated carbocycles. The fraction of sp³-hybridized carbons (Fsp3) is 0.154. The predicted octanol–water partition coefficient (Wildman–Crippen LogP) is 2.83. The minimum Gasteiger partial charge on any atom is -0.490 e. The number of hydrogen-bond acceptors (Lipinski definition) is 3. The fourth-order valence-corrected chi connectivity index (χ4v) is 1.50. The summed E-state index contributed by atoms with van der Waals surface area (Å²) in [5.74, 6) is 0.583. The molecular formula is C13H11FO3. The van der Waals surface area contributed by atoms with Crippen molar-refractivity contribution in [3.05, 3.63) is 52.9 Å². The van der Waals surface area contributed by atoms with E-state index in [0.717, 1.165) is 6.07 Å². The van der Waals surface area contributed by atoms with E-state index in [-0.39, 0.29) is 11.2 Å². The van der Waals surface area contributed by atoms with E-state index in [4.69, 9.17) is 9.15 Å². The van der Waals surface area contributed by atoms with Gasteiger partial charge in [0.15, 0.2) is 5.43 Å². The largest absolute Gasteiger partial charge is 0.490 e. The van der Waals surface area contributed by atoms with Crippen LogP contribution in [-0.4, -0.2) is 6.61 Å². The van der Waals surface area contributed by atoms with Gasteiger partial charge in [0.25, 0.3) is 0 Å². The van der Waals surface area contributed by atoms with Crippen LogP contribution in [0, 0.1) is 0 Å². The molecule has 4 heteroatoms. The van der Waals surface area contributed by atoms with Gasteiger partial charge in [-0.15, -0.1) is 0 Å². The van der Waals surface area contributed by atoms with Crippen LogP contribution in [-0.2, 0) is 6.67 Å². The SMILES string of the molecule is C=CCOc1ccc2oc(CF)cc(=O)c2c1. The van der Waals surface area contributed by atoms with Gasteiger partial charge in [0, 0.05) is 6.07 Å². The van der Waals surface area contributed by atoms with Crippen LogP contribution in [0.2, 0.25) is 0 Å². The van der Waals surface area contributed by atoms with Gasteiger partial charge in [0.05, 0.1) is 5.39 Å². The summed E-state index contributed by atoms with van der Waals surface area (Å²) in [4.78, 5) is 11.7. The highest BCUT2D eigenvalue weighted by Crippen LogP contribution is 2.19. The Morgan fingerprint density at radius 1 is 1.41 bits per heavy atom. The zero-order chi connectivity index (χ0) is 12.3. The Morgan fingerprint density at radius 2 is 2.24 bits per heavy atom. The third-order valence-corrected chi connectivity index (χ3v) is 2.25. The van der Waals surface area contributed by atoms with Crippen molar-refractivity contribution in [3.8, 4) is 5.75 Å². The molecule has 0 amide bonds. The van der Waals surface area contributed by atoms with Gasteiger partial charge in [0.2, 0.25) is 0 Å². The summed E-state index contributed by atoms with van der Waals surface area (Å²) >= 11 is 0. The monoisotopic (exact) mass is 234 g/mol. The molecular weight excluding hydrogens is 223 g/mol. The van der Waals surface area contributed by atoms with Crippen LogP contribution in [0.4, 0.5) is 4.39 Å². The molecule has 2 rings (SSSR count). The first kappa shape index (κ1) is 11.4. The van der Waals surface area contributed by atoms with Crippen molar-refractivity contribution in [1.82, 2.24) is 0 Å². The molecule has 1 aromatic carbocycles. The summed E-state index contributed by atoms with van der Waals surface area (Å²) in [5, 5.41) is 0.378. The summed E-state index contributed by atoms with van der Waals surface area (Å²) in [6.07, 6.45) is 1.61. The zero-order valence-corrected chi connectivity index (χ0v) is 9.11. The molecule has 0 spiro atoms. The summed E-state index contributed by atoms with van der Waals surface area (Å²) in [7, 11) is 0. The standard InChI is InChI=1S/C13H11FO3/c1-2-5-16-9-3-4-13-11(6-9)12(15)7-10(8-14)17-13/h2-4,6-7H,1,5,8H2. The Kier molecular flexibility index (Phi) is 3.23. The average Bonchev–Trinajstić information content (AvgIpc) is 2.36. The van der Waals surface area contributed by atoms with E-state index in [1.807, 2.05) is 0 Å². The molecule has 0 saturated heterocycles. The molecule has 17 heavy (non-hydrogen) atoms. The average molecular weight is 234 g/mol. The van der Waals surface area contributed by atoms with Crippen LogP contribution in [0.1, 0.15) is 5.76 Å². The Hall–Kier alpha value is -2.10. The number of rotatable bonds is 4. The molecule has 1 heterocycles. The van der Waals surface area contributed by atoms with E-state index >= 15 is 0 Å². The Bertz CT molecular complexity index is 601. The van der Waals surface area contributed by atoms with E-state index in [1.54, 1.807) is 24.3 Å². The van der Waals surface area contributed by atoms with E-state index in [2.05, 4.69) is 6.58 Å². The van der Waals surface area contributed by atoms with Gasteiger partial charge >= 0.3 is 0 Å². The predicted molar refractivity (Wildman–Crippen MR) is 63.0 cm³/mol. The van der Waals surface area contributed by atoms with Gasteiger partial charge < -0.3 is 9.15 Å². The van der Waals surface area contributed by atoms with Gasteiger partial charge in [-0.1, -0.05) is 12.7 Å². The van der Waals surface area contributed by atoms with Crippen LogP contribution in [0.15, 0.2) is 46.1 Å². The molecule has 3 nitrogen and oxygen atoms in total. The van der Waals surface area contributed by atoms with E-state index in [9.17, 15) is 9.18 Å². The molecule has 0 aliphatic carbocycles. The lowest BCUT2D eigenvalue weighted by molar-refractivity contribution is 0.363. The number of benzene rings is 1. The number of alkyl halides is 1. The lowest BCUT2D eigenvalue weighted by atomic mass is 10.2. The first-order valence-electron chi connectivity index (χ1n) is 5.11. The van der Waals surface area contributed by atoms with Crippen LogP contribution >= 0.6 is 0 Å². The van der Waals surface area contributed by atoms with Crippen molar-refractivity contribution in [2.75, 3.05) is 6.61 Å². The molecule has 0 radical (unpaired) electrons. The van der Waals surface area contributed by atoms with Crippen molar-refractivity contribution in [1.29, 1.82) is 0 Å². The third-order valence-electron chi connectivity index (χ3n) is 2.25. The van der Waals surface area contributed by atoms with E-state index in [0.29, 0.717) is 23.3 Å². The van der Waals surface area contributed by atoms with Crippen molar-refractivity contribution in [2.45, 2.75) is 6.67 Å². The second kappa shape index (κ2) is 4.82. The smallest absolute Gasteiger partial charge is 0.193 e. The summed E-state index contributed by atoms with van der Waals surface area (Å²) in [6.45, 7) is 3.10. The molecule has 0 N–H and O–H groups in total. The molecule has 2 aromatic rings. The first-order valence-corrected chi connectivity index (χ1v) is 5.11. The molecule has 0 aliphatic heterocycles. The Labute approximate surface area is 97.1 Å². The van der Waals surface area contributed by atoms with Crippen molar-refractivity contribution >= 4 is 11.0 Å². The van der Waals surface area contributed by atoms with Crippen molar-refractivity contribution in [2.24, 2.45) is 0 Å². The lowest BCUT2D eigenvalue weighted by Gasteiger charge is -2.04. The maximum absolute atomic E-state index is 12.4. The normalized spacial score (nSPS) is 10.4. The molecule has 88 valence electrons. The van der Waals surface area contributed by atoms with Crippen LogP contribution in [0.25, 0.3) is 11.0 Å². The highest BCUT2D eigenvalue weighted by Gasteiger charge is 2.05. The number of halogens is 1. The van der Waals surface area contributed by atoms with Gasteiger partial charge in [-0.25, -0.2) is 4.39 Å². The maximum Gasteiger partial charge on any atom is 0.193 e. The Balaban J connectivity index is 2.50. The van der Waals surface area contributed by atoms with Gasteiger partial charge in [-0.2, -0.15) is 0 Å².